The van der Waals surface area contributed by atoms with E-state index in [0.717, 1.165) is 5.75 Å². The van der Waals surface area contributed by atoms with Crippen molar-refractivity contribution in [3.63, 3.8) is 0 Å². The van der Waals surface area contributed by atoms with Crippen LogP contribution in [0.4, 0.5) is 10.5 Å². The number of amides is 2. The van der Waals surface area contributed by atoms with Gasteiger partial charge in [-0.05, 0) is 37.1 Å². The Hall–Kier alpha value is -2.34. The highest BCUT2D eigenvalue weighted by Crippen LogP contribution is 2.28. The summed E-state index contributed by atoms with van der Waals surface area (Å²) in [5.41, 5.74) is 1.86. The minimum atomic E-state index is -0.249. The molecule has 0 aliphatic rings. The Morgan fingerprint density at radius 3 is 2.50 bits per heavy atom. The average Bonchev–Trinajstić information content (AvgIpc) is 2.66. The molecule has 2 aromatic carbocycles. The quantitative estimate of drug-likeness (QED) is 0.665. The topological polar surface area (TPSA) is 59.6 Å². The number of nitrogens with one attached hydrogen (secondary N) is 2. The van der Waals surface area contributed by atoms with Gasteiger partial charge < -0.3 is 20.1 Å². The second-order valence-electron chi connectivity index (χ2n) is 6.13. The van der Waals surface area contributed by atoms with E-state index in [4.69, 9.17) is 9.47 Å². The summed E-state index contributed by atoms with van der Waals surface area (Å²) in [6.45, 7) is 4.80. The van der Waals surface area contributed by atoms with E-state index >= 15 is 0 Å². The normalized spacial score (nSPS) is 11.5. The summed E-state index contributed by atoms with van der Waals surface area (Å²) in [6, 6.07) is 13.5. The smallest absolute Gasteiger partial charge is 0.319 e. The molecule has 26 heavy (non-hydrogen) atoms. The maximum atomic E-state index is 12.1. The largest absolute Gasteiger partial charge is 0.497 e. The van der Waals surface area contributed by atoms with Gasteiger partial charge in [-0.1, -0.05) is 24.6 Å². The fraction of sp³-hybridized carbons (Fsp3) is 0.350. The Labute approximate surface area is 159 Å². The van der Waals surface area contributed by atoms with Gasteiger partial charge >= 0.3 is 6.03 Å². The van der Waals surface area contributed by atoms with Crippen molar-refractivity contribution in [3.8, 4) is 11.5 Å². The molecular formula is C20H26N2O3S. The molecule has 0 unspecified atom stereocenters. The van der Waals surface area contributed by atoms with E-state index in [9.17, 15) is 4.79 Å². The van der Waals surface area contributed by atoms with E-state index in [2.05, 4.69) is 48.7 Å². The number of benzene rings is 2. The molecule has 0 aliphatic carbocycles. The van der Waals surface area contributed by atoms with E-state index in [1.807, 2.05) is 0 Å². The highest BCUT2D eigenvalue weighted by molar-refractivity contribution is 7.99. The molecule has 0 fully saturated rings. The summed E-state index contributed by atoms with van der Waals surface area (Å²) >= 11 is 1.80. The third-order valence-corrected chi connectivity index (χ3v) is 5.16. The number of methoxy groups -OCH3 is 2. The van der Waals surface area contributed by atoms with Crippen LogP contribution in [-0.2, 0) is 0 Å². The molecule has 2 rings (SSSR count). The molecule has 0 bridgehead atoms. The van der Waals surface area contributed by atoms with Gasteiger partial charge in [0.25, 0.3) is 0 Å². The first-order valence-corrected chi connectivity index (χ1v) is 9.46. The predicted molar refractivity (Wildman–Crippen MR) is 108 cm³/mol. The summed E-state index contributed by atoms with van der Waals surface area (Å²) in [6.07, 6.45) is 0. The maximum absolute atomic E-state index is 12.1. The van der Waals surface area contributed by atoms with Gasteiger partial charge in [0, 0.05) is 23.3 Å². The molecule has 0 aliphatic heterocycles. The molecule has 0 saturated carbocycles. The third-order valence-electron chi connectivity index (χ3n) is 3.82. The van der Waals surface area contributed by atoms with Gasteiger partial charge in [-0.25, -0.2) is 4.79 Å². The number of hydrogen-bond donors (Lipinski definition) is 2. The van der Waals surface area contributed by atoms with Crippen LogP contribution >= 0.6 is 11.8 Å². The van der Waals surface area contributed by atoms with Crippen molar-refractivity contribution in [2.45, 2.75) is 18.7 Å². The molecule has 2 aromatic rings. The minimum absolute atomic E-state index is 0.249. The van der Waals surface area contributed by atoms with Crippen LogP contribution in [0.25, 0.3) is 0 Å². The molecule has 6 heteroatoms. The van der Waals surface area contributed by atoms with Crippen molar-refractivity contribution < 1.29 is 14.3 Å². The van der Waals surface area contributed by atoms with E-state index in [-0.39, 0.29) is 6.03 Å². The summed E-state index contributed by atoms with van der Waals surface area (Å²) in [5, 5.41) is 5.72. The molecule has 0 saturated heterocycles. The monoisotopic (exact) mass is 374 g/mol. The summed E-state index contributed by atoms with van der Waals surface area (Å²) < 4.78 is 10.4. The van der Waals surface area contributed by atoms with Crippen molar-refractivity contribution in [3.05, 3.63) is 48.0 Å². The number of hydrogen-bond acceptors (Lipinski definition) is 4. The standard InChI is InChI=1S/C20H26N2O3S/c1-14-5-8-17(9-6-14)26-13-15(2)12-21-20(23)22-18-10-7-16(24-3)11-19(18)25-4/h5-11,15H,12-13H2,1-4H3,(H2,21,22,23)/t15-/m1/s1. The van der Waals surface area contributed by atoms with Crippen LogP contribution in [0.3, 0.4) is 0 Å². The van der Waals surface area contributed by atoms with Gasteiger partial charge in [0.05, 0.1) is 19.9 Å². The maximum Gasteiger partial charge on any atom is 0.319 e. The molecule has 140 valence electrons. The van der Waals surface area contributed by atoms with Crippen LogP contribution in [0.1, 0.15) is 12.5 Å². The van der Waals surface area contributed by atoms with Crippen LogP contribution < -0.4 is 20.1 Å². The molecule has 1 atom stereocenters. The van der Waals surface area contributed by atoms with Crippen LogP contribution in [0, 0.1) is 12.8 Å². The average molecular weight is 375 g/mol. The van der Waals surface area contributed by atoms with E-state index in [1.165, 1.54) is 10.5 Å². The van der Waals surface area contributed by atoms with Gasteiger partial charge in [-0.3, -0.25) is 0 Å². The Morgan fingerprint density at radius 2 is 1.85 bits per heavy atom. The zero-order valence-electron chi connectivity index (χ0n) is 15.7. The van der Waals surface area contributed by atoms with E-state index in [0.29, 0.717) is 29.6 Å². The van der Waals surface area contributed by atoms with Crippen LogP contribution in [0.5, 0.6) is 11.5 Å². The molecule has 5 nitrogen and oxygen atoms in total. The lowest BCUT2D eigenvalue weighted by atomic mass is 10.2. The number of urea groups is 1. The van der Waals surface area contributed by atoms with Crippen LogP contribution in [0.15, 0.2) is 47.4 Å². The number of ether oxygens (including phenoxy) is 2. The van der Waals surface area contributed by atoms with Crippen LogP contribution in [-0.4, -0.2) is 32.5 Å². The third kappa shape index (κ3) is 6.19. The molecule has 0 spiro atoms. The van der Waals surface area contributed by atoms with E-state index < -0.39 is 0 Å². The fourth-order valence-electron chi connectivity index (χ4n) is 2.27. The lowest BCUT2D eigenvalue weighted by Gasteiger charge is -2.15. The van der Waals surface area contributed by atoms with Crippen molar-refractivity contribution in [1.29, 1.82) is 0 Å². The second kappa shape index (κ2) is 9.97. The number of aryl methyl sites for hydroxylation is 1. The molecule has 0 aromatic heterocycles. The van der Waals surface area contributed by atoms with E-state index in [1.54, 1.807) is 44.2 Å². The lowest BCUT2D eigenvalue weighted by molar-refractivity contribution is 0.251. The molecule has 0 heterocycles. The number of thioether (sulfide) groups is 1. The number of carbonyl (C=O) groups excluding carboxylic acids is 1. The van der Waals surface area contributed by atoms with Gasteiger partial charge in [0.15, 0.2) is 0 Å². The SMILES string of the molecule is COc1ccc(NC(=O)NC[C@@H](C)CSc2ccc(C)cc2)c(OC)c1. The minimum Gasteiger partial charge on any atom is -0.497 e. The Kier molecular flexibility index (Phi) is 7.66. The summed E-state index contributed by atoms with van der Waals surface area (Å²) in [5.74, 6) is 2.52. The van der Waals surface area contributed by atoms with Crippen molar-refractivity contribution >= 4 is 23.5 Å². The number of rotatable bonds is 8. The van der Waals surface area contributed by atoms with Crippen molar-refractivity contribution in [2.24, 2.45) is 5.92 Å². The zero-order valence-corrected chi connectivity index (χ0v) is 16.5. The van der Waals surface area contributed by atoms with Crippen LogP contribution in [0.2, 0.25) is 0 Å². The highest BCUT2D eigenvalue weighted by atomic mass is 32.2. The lowest BCUT2D eigenvalue weighted by Crippen LogP contribution is -2.33. The first-order valence-electron chi connectivity index (χ1n) is 8.48. The first kappa shape index (κ1) is 20.0. The summed E-state index contributed by atoms with van der Waals surface area (Å²) in [7, 11) is 3.15. The molecule has 0 radical (unpaired) electrons. The molecule has 2 N–H and O–H groups in total. The van der Waals surface area contributed by atoms with Crippen molar-refractivity contribution in [2.75, 3.05) is 31.8 Å². The first-order chi connectivity index (χ1) is 12.5. The fourth-order valence-corrected chi connectivity index (χ4v) is 3.19. The number of anilines is 1. The Morgan fingerprint density at radius 1 is 1.12 bits per heavy atom. The van der Waals surface area contributed by atoms with Gasteiger partial charge in [0.1, 0.15) is 11.5 Å². The van der Waals surface area contributed by atoms with Gasteiger partial charge in [-0.2, -0.15) is 0 Å². The Balaban J connectivity index is 1.78. The van der Waals surface area contributed by atoms with Gasteiger partial charge in [0.2, 0.25) is 0 Å². The zero-order chi connectivity index (χ0) is 18.9. The Bertz CT molecular complexity index is 719. The predicted octanol–water partition coefficient (Wildman–Crippen LogP) is 4.56. The molecule has 2 amide bonds. The summed E-state index contributed by atoms with van der Waals surface area (Å²) in [4.78, 5) is 13.4. The second-order valence-corrected chi connectivity index (χ2v) is 7.22. The highest BCUT2D eigenvalue weighted by Gasteiger charge is 2.10. The molecular weight excluding hydrogens is 348 g/mol. The number of carbonyl (C=O) groups is 1. The van der Waals surface area contributed by atoms with Crippen molar-refractivity contribution in [1.82, 2.24) is 5.32 Å². The van der Waals surface area contributed by atoms with Gasteiger partial charge in [-0.15, -0.1) is 11.8 Å².